The minimum absolute atomic E-state index is 0.00562. The minimum atomic E-state index is -0.210. The first kappa shape index (κ1) is 13.5. The molecule has 100 valence electrons. The van der Waals surface area contributed by atoms with E-state index in [1.165, 1.54) is 12.1 Å². The van der Waals surface area contributed by atoms with Crippen molar-refractivity contribution < 1.29 is 9.13 Å². The summed E-state index contributed by atoms with van der Waals surface area (Å²) in [7, 11) is 1.74. The van der Waals surface area contributed by atoms with Crippen molar-refractivity contribution in [1.29, 1.82) is 0 Å². The second-order valence-electron chi connectivity index (χ2n) is 5.00. The number of halogens is 1. The zero-order valence-electron chi connectivity index (χ0n) is 11.0. The smallest absolute Gasteiger partial charge is 0.123 e. The van der Waals surface area contributed by atoms with E-state index < -0.39 is 0 Å². The van der Waals surface area contributed by atoms with Crippen LogP contribution >= 0.6 is 0 Å². The molecule has 0 aliphatic carbocycles. The zero-order valence-corrected chi connectivity index (χ0v) is 11.0. The first-order valence-corrected chi connectivity index (χ1v) is 6.39. The van der Waals surface area contributed by atoms with Crippen LogP contribution in [0.4, 0.5) is 4.39 Å². The topological polar surface area (TPSA) is 38.5 Å². The predicted molar refractivity (Wildman–Crippen MR) is 69.8 cm³/mol. The molecule has 1 fully saturated rings. The largest absolute Gasteiger partial charge is 0.380 e. The van der Waals surface area contributed by atoms with Crippen LogP contribution < -0.4 is 5.73 Å². The van der Waals surface area contributed by atoms with Crippen LogP contribution in [-0.4, -0.2) is 37.2 Å². The third kappa shape index (κ3) is 2.88. The normalized spacial score (nSPS) is 24.1. The van der Waals surface area contributed by atoms with Crippen molar-refractivity contribution in [2.45, 2.75) is 31.5 Å². The highest BCUT2D eigenvalue weighted by atomic mass is 19.1. The molecule has 1 aromatic carbocycles. The molecule has 1 aliphatic heterocycles. The van der Waals surface area contributed by atoms with Crippen LogP contribution in [0.3, 0.4) is 0 Å². The van der Waals surface area contributed by atoms with Gasteiger partial charge in [0.15, 0.2) is 0 Å². The summed E-state index contributed by atoms with van der Waals surface area (Å²) in [5.41, 5.74) is 7.17. The average molecular weight is 252 g/mol. The molecule has 3 unspecified atom stereocenters. The van der Waals surface area contributed by atoms with Crippen molar-refractivity contribution in [2.75, 3.05) is 20.2 Å². The molecule has 4 heteroatoms. The van der Waals surface area contributed by atoms with E-state index in [2.05, 4.69) is 4.90 Å². The van der Waals surface area contributed by atoms with E-state index in [0.717, 1.165) is 25.1 Å². The molecule has 2 rings (SSSR count). The number of hydrogen-bond acceptors (Lipinski definition) is 3. The number of hydrogen-bond donors (Lipinski definition) is 1. The first-order chi connectivity index (χ1) is 8.61. The summed E-state index contributed by atoms with van der Waals surface area (Å²) in [4.78, 5) is 2.33. The Morgan fingerprint density at radius 3 is 2.56 bits per heavy atom. The number of benzene rings is 1. The van der Waals surface area contributed by atoms with Crippen molar-refractivity contribution in [3.8, 4) is 0 Å². The van der Waals surface area contributed by atoms with Gasteiger partial charge in [0.1, 0.15) is 5.82 Å². The fourth-order valence-electron chi connectivity index (χ4n) is 2.71. The lowest BCUT2D eigenvalue weighted by atomic mass is 9.99. The van der Waals surface area contributed by atoms with E-state index in [1.54, 1.807) is 7.11 Å². The van der Waals surface area contributed by atoms with Gasteiger partial charge >= 0.3 is 0 Å². The van der Waals surface area contributed by atoms with E-state index in [1.807, 2.05) is 19.1 Å². The Morgan fingerprint density at radius 1 is 1.39 bits per heavy atom. The van der Waals surface area contributed by atoms with Crippen LogP contribution in [-0.2, 0) is 4.74 Å². The lowest BCUT2D eigenvalue weighted by Gasteiger charge is -2.31. The Balaban J connectivity index is 2.16. The van der Waals surface area contributed by atoms with Gasteiger partial charge in [-0.1, -0.05) is 12.1 Å². The summed E-state index contributed by atoms with van der Waals surface area (Å²) in [6.45, 7) is 3.86. The molecule has 0 spiro atoms. The second kappa shape index (κ2) is 5.78. The standard InChI is InChI=1S/C14H21FN2O/c1-10(16)14(11-3-5-12(15)6-4-11)17-8-7-13(9-17)18-2/h3-6,10,13-14H,7-9,16H2,1-2H3. The van der Waals surface area contributed by atoms with Gasteiger partial charge in [0.05, 0.1) is 6.10 Å². The monoisotopic (exact) mass is 252 g/mol. The molecule has 3 nitrogen and oxygen atoms in total. The molecule has 1 saturated heterocycles. The molecule has 0 radical (unpaired) electrons. The minimum Gasteiger partial charge on any atom is -0.380 e. The SMILES string of the molecule is COC1CCN(C(c2ccc(F)cc2)C(C)N)C1. The average Bonchev–Trinajstić information content (AvgIpc) is 2.80. The fraction of sp³-hybridized carbons (Fsp3) is 0.571. The lowest BCUT2D eigenvalue weighted by Crippen LogP contribution is -2.38. The van der Waals surface area contributed by atoms with Crippen LogP contribution in [0, 0.1) is 5.82 Å². The van der Waals surface area contributed by atoms with Crippen LogP contribution in [0.2, 0.25) is 0 Å². The van der Waals surface area contributed by atoms with Gasteiger partial charge in [0.25, 0.3) is 0 Å². The van der Waals surface area contributed by atoms with E-state index in [9.17, 15) is 4.39 Å². The Morgan fingerprint density at radius 2 is 2.06 bits per heavy atom. The Hall–Kier alpha value is -0.970. The van der Waals surface area contributed by atoms with E-state index >= 15 is 0 Å². The maximum Gasteiger partial charge on any atom is 0.123 e. The summed E-state index contributed by atoms with van der Waals surface area (Å²) in [5, 5.41) is 0. The number of rotatable bonds is 4. The molecule has 0 bridgehead atoms. The molecule has 3 atom stereocenters. The third-order valence-electron chi connectivity index (χ3n) is 3.61. The molecule has 1 aliphatic rings. The van der Waals surface area contributed by atoms with Crippen molar-refractivity contribution in [2.24, 2.45) is 5.73 Å². The maximum absolute atomic E-state index is 13.0. The van der Waals surface area contributed by atoms with E-state index in [-0.39, 0.29) is 24.0 Å². The molecule has 1 heterocycles. The summed E-state index contributed by atoms with van der Waals surface area (Å²) < 4.78 is 18.4. The summed E-state index contributed by atoms with van der Waals surface area (Å²) in [5.74, 6) is -0.210. The number of methoxy groups -OCH3 is 1. The molecule has 0 saturated carbocycles. The van der Waals surface area contributed by atoms with Crippen molar-refractivity contribution in [3.05, 3.63) is 35.6 Å². The Labute approximate surface area is 108 Å². The highest BCUT2D eigenvalue weighted by Crippen LogP contribution is 2.28. The molecule has 18 heavy (non-hydrogen) atoms. The van der Waals surface area contributed by atoms with Gasteiger partial charge in [-0.2, -0.15) is 0 Å². The highest BCUT2D eigenvalue weighted by molar-refractivity contribution is 5.21. The zero-order chi connectivity index (χ0) is 13.1. The van der Waals surface area contributed by atoms with Gasteiger partial charge in [-0.3, -0.25) is 4.90 Å². The van der Waals surface area contributed by atoms with Crippen molar-refractivity contribution >= 4 is 0 Å². The second-order valence-corrected chi connectivity index (χ2v) is 5.00. The Kier molecular flexibility index (Phi) is 4.32. The summed E-state index contributed by atoms with van der Waals surface area (Å²) in [6, 6.07) is 6.77. The van der Waals surface area contributed by atoms with Crippen molar-refractivity contribution in [3.63, 3.8) is 0 Å². The van der Waals surface area contributed by atoms with Gasteiger partial charge < -0.3 is 10.5 Å². The fourth-order valence-corrected chi connectivity index (χ4v) is 2.71. The van der Waals surface area contributed by atoms with Crippen LogP contribution in [0.25, 0.3) is 0 Å². The molecule has 2 N–H and O–H groups in total. The predicted octanol–water partition coefficient (Wildman–Crippen LogP) is 1.93. The third-order valence-corrected chi connectivity index (χ3v) is 3.61. The lowest BCUT2D eigenvalue weighted by molar-refractivity contribution is 0.0982. The molecule has 1 aromatic rings. The van der Waals surface area contributed by atoms with Gasteiger partial charge in [-0.25, -0.2) is 4.39 Å². The number of ether oxygens (including phenoxy) is 1. The van der Waals surface area contributed by atoms with Crippen LogP contribution in [0.5, 0.6) is 0 Å². The quantitative estimate of drug-likeness (QED) is 0.890. The number of nitrogens with two attached hydrogens (primary N) is 1. The number of nitrogens with zero attached hydrogens (tertiary/aromatic N) is 1. The first-order valence-electron chi connectivity index (χ1n) is 6.39. The van der Waals surface area contributed by atoms with Crippen LogP contribution in [0.15, 0.2) is 24.3 Å². The van der Waals surface area contributed by atoms with Gasteiger partial charge in [-0.15, -0.1) is 0 Å². The van der Waals surface area contributed by atoms with Crippen molar-refractivity contribution in [1.82, 2.24) is 4.90 Å². The Bertz CT molecular complexity index is 380. The maximum atomic E-state index is 13.0. The molecule has 0 aromatic heterocycles. The molecular formula is C14H21FN2O. The van der Waals surface area contributed by atoms with Crippen LogP contribution in [0.1, 0.15) is 24.9 Å². The summed E-state index contributed by atoms with van der Waals surface area (Å²) in [6.07, 6.45) is 1.31. The molecular weight excluding hydrogens is 231 g/mol. The highest BCUT2D eigenvalue weighted by Gasteiger charge is 2.31. The number of likely N-dealkylation sites (tertiary alicyclic amines) is 1. The van der Waals surface area contributed by atoms with Gasteiger partial charge in [0, 0.05) is 32.3 Å². The van der Waals surface area contributed by atoms with E-state index in [0.29, 0.717) is 0 Å². The van der Waals surface area contributed by atoms with Gasteiger partial charge in [0.2, 0.25) is 0 Å². The van der Waals surface area contributed by atoms with Gasteiger partial charge in [-0.05, 0) is 31.0 Å². The van der Waals surface area contributed by atoms with E-state index in [4.69, 9.17) is 10.5 Å². The summed E-state index contributed by atoms with van der Waals surface area (Å²) >= 11 is 0. The molecule has 0 amide bonds.